The molecule has 1 saturated heterocycles. The van der Waals surface area contributed by atoms with Gasteiger partial charge in [-0.15, -0.1) is 0 Å². The van der Waals surface area contributed by atoms with Crippen LogP contribution in [0.5, 0.6) is 5.88 Å². The van der Waals surface area contributed by atoms with Gasteiger partial charge in [-0.05, 0) is 65.2 Å². The molecule has 0 radical (unpaired) electrons. The van der Waals surface area contributed by atoms with Crippen LogP contribution < -0.4 is 4.74 Å². The molecule has 0 saturated carbocycles. The van der Waals surface area contributed by atoms with E-state index in [1.54, 1.807) is 4.90 Å². The predicted octanol–water partition coefficient (Wildman–Crippen LogP) is 4.22. The number of hydrogen-bond donors (Lipinski definition) is 0. The Morgan fingerprint density at radius 1 is 1.18 bits per heavy atom. The summed E-state index contributed by atoms with van der Waals surface area (Å²) in [5.41, 5.74) is 1.90. The van der Waals surface area contributed by atoms with Crippen molar-refractivity contribution in [1.29, 1.82) is 0 Å². The highest BCUT2D eigenvalue weighted by atomic mass is 16.6. The highest BCUT2D eigenvalue weighted by Gasteiger charge is 2.32. The molecule has 0 bridgehead atoms. The SMILES string of the molecule is Cc1ccc(COc2cccc(C3CCCCN3C(=O)OC(C)(C)C)n2)nn1. The highest BCUT2D eigenvalue weighted by molar-refractivity contribution is 5.69. The first kappa shape index (κ1) is 20.0. The summed E-state index contributed by atoms with van der Waals surface area (Å²) in [4.78, 5) is 19.1. The van der Waals surface area contributed by atoms with E-state index < -0.39 is 5.60 Å². The standard InChI is InChI=1S/C21H28N4O3/c1-15-11-12-16(24-23-15)14-27-19-10-7-8-17(22-19)18-9-5-6-13-25(18)20(26)28-21(2,3)4/h7-8,10-12,18H,5-6,9,13-14H2,1-4H3. The van der Waals surface area contributed by atoms with Gasteiger partial charge in [-0.25, -0.2) is 9.78 Å². The lowest BCUT2D eigenvalue weighted by Crippen LogP contribution is -2.42. The van der Waals surface area contributed by atoms with Crippen LogP contribution in [-0.4, -0.2) is 38.3 Å². The summed E-state index contributed by atoms with van der Waals surface area (Å²) in [5, 5.41) is 8.14. The van der Waals surface area contributed by atoms with Crippen molar-refractivity contribution >= 4 is 6.09 Å². The molecule has 1 fully saturated rings. The topological polar surface area (TPSA) is 77.4 Å². The number of hydrogen-bond acceptors (Lipinski definition) is 6. The van der Waals surface area contributed by atoms with Crippen molar-refractivity contribution in [3.05, 3.63) is 47.4 Å². The largest absolute Gasteiger partial charge is 0.471 e. The van der Waals surface area contributed by atoms with Gasteiger partial charge in [-0.2, -0.15) is 10.2 Å². The second kappa shape index (κ2) is 8.54. The summed E-state index contributed by atoms with van der Waals surface area (Å²) in [6.07, 6.45) is 2.59. The Kier molecular flexibility index (Phi) is 6.11. The van der Waals surface area contributed by atoms with E-state index in [0.29, 0.717) is 19.0 Å². The first-order valence-corrected chi connectivity index (χ1v) is 9.70. The van der Waals surface area contributed by atoms with Gasteiger partial charge in [0, 0.05) is 12.6 Å². The Bertz CT molecular complexity index is 802. The number of amides is 1. The molecule has 3 rings (SSSR count). The fourth-order valence-corrected chi connectivity index (χ4v) is 3.13. The summed E-state index contributed by atoms with van der Waals surface area (Å²) >= 11 is 0. The summed E-state index contributed by atoms with van der Waals surface area (Å²) in [7, 11) is 0. The van der Waals surface area contributed by atoms with Crippen molar-refractivity contribution in [2.45, 2.75) is 65.2 Å². The number of aryl methyl sites for hydroxylation is 1. The monoisotopic (exact) mass is 384 g/mol. The second-order valence-corrected chi connectivity index (χ2v) is 8.04. The van der Waals surface area contributed by atoms with Crippen molar-refractivity contribution < 1.29 is 14.3 Å². The van der Waals surface area contributed by atoms with Crippen LogP contribution in [0.3, 0.4) is 0 Å². The highest BCUT2D eigenvalue weighted by Crippen LogP contribution is 2.32. The van der Waals surface area contributed by atoms with Gasteiger partial charge >= 0.3 is 6.09 Å². The number of carbonyl (C=O) groups is 1. The lowest BCUT2D eigenvalue weighted by molar-refractivity contribution is 0.00892. The van der Waals surface area contributed by atoms with Crippen LogP contribution in [0.2, 0.25) is 0 Å². The van der Waals surface area contributed by atoms with Gasteiger partial charge in [0.05, 0.1) is 17.4 Å². The molecule has 2 aromatic heterocycles. The van der Waals surface area contributed by atoms with E-state index in [9.17, 15) is 4.79 Å². The van der Waals surface area contributed by atoms with Crippen LogP contribution >= 0.6 is 0 Å². The van der Waals surface area contributed by atoms with E-state index >= 15 is 0 Å². The third kappa shape index (κ3) is 5.41. The van der Waals surface area contributed by atoms with Gasteiger partial charge in [-0.3, -0.25) is 4.90 Å². The number of nitrogens with zero attached hydrogens (tertiary/aromatic N) is 4. The van der Waals surface area contributed by atoms with E-state index in [2.05, 4.69) is 15.2 Å². The van der Waals surface area contributed by atoms with Crippen molar-refractivity contribution in [3.63, 3.8) is 0 Å². The zero-order valence-electron chi connectivity index (χ0n) is 17.0. The van der Waals surface area contributed by atoms with Gasteiger partial charge in [0.25, 0.3) is 0 Å². The number of carbonyl (C=O) groups excluding carboxylic acids is 1. The fraction of sp³-hybridized carbons (Fsp3) is 0.524. The molecule has 0 aliphatic carbocycles. The van der Waals surface area contributed by atoms with E-state index in [1.807, 2.05) is 58.0 Å². The fourth-order valence-electron chi connectivity index (χ4n) is 3.13. The van der Waals surface area contributed by atoms with Gasteiger partial charge in [-0.1, -0.05) is 6.07 Å². The summed E-state index contributed by atoms with van der Waals surface area (Å²) < 4.78 is 11.4. The number of pyridine rings is 1. The van der Waals surface area contributed by atoms with E-state index in [-0.39, 0.29) is 12.1 Å². The summed E-state index contributed by atoms with van der Waals surface area (Å²) in [5.74, 6) is 0.509. The van der Waals surface area contributed by atoms with Gasteiger partial charge in [0.15, 0.2) is 0 Å². The summed E-state index contributed by atoms with van der Waals surface area (Å²) in [6, 6.07) is 9.33. The minimum Gasteiger partial charge on any atom is -0.471 e. The smallest absolute Gasteiger partial charge is 0.410 e. The molecule has 7 heteroatoms. The molecule has 0 spiro atoms. The Morgan fingerprint density at radius 3 is 2.71 bits per heavy atom. The van der Waals surface area contributed by atoms with Crippen molar-refractivity contribution in [3.8, 4) is 5.88 Å². The summed E-state index contributed by atoms with van der Waals surface area (Å²) in [6.45, 7) is 8.50. The normalized spacial score (nSPS) is 17.3. The van der Waals surface area contributed by atoms with Crippen molar-refractivity contribution in [2.24, 2.45) is 0 Å². The third-order valence-electron chi connectivity index (χ3n) is 4.44. The Morgan fingerprint density at radius 2 is 2.00 bits per heavy atom. The van der Waals surface area contributed by atoms with Crippen molar-refractivity contribution in [2.75, 3.05) is 6.54 Å². The predicted molar refractivity (Wildman–Crippen MR) is 105 cm³/mol. The molecule has 7 nitrogen and oxygen atoms in total. The maximum atomic E-state index is 12.7. The van der Waals surface area contributed by atoms with Crippen LogP contribution in [0.4, 0.5) is 4.79 Å². The van der Waals surface area contributed by atoms with Gasteiger partial charge < -0.3 is 9.47 Å². The third-order valence-corrected chi connectivity index (χ3v) is 4.44. The van der Waals surface area contributed by atoms with E-state index in [1.165, 1.54) is 0 Å². The van der Waals surface area contributed by atoms with E-state index in [4.69, 9.17) is 9.47 Å². The van der Waals surface area contributed by atoms with Gasteiger partial charge in [0.2, 0.25) is 5.88 Å². The number of piperidine rings is 1. The van der Waals surface area contributed by atoms with Crippen LogP contribution in [0.1, 0.15) is 63.2 Å². The molecule has 3 heterocycles. The lowest BCUT2D eigenvalue weighted by atomic mass is 9.99. The molecule has 1 aliphatic rings. The maximum absolute atomic E-state index is 12.7. The molecular formula is C21H28N4O3. The molecule has 1 aliphatic heterocycles. The zero-order chi connectivity index (χ0) is 20.1. The Balaban J connectivity index is 1.71. The molecule has 0 aromatic carbocycles. The molecule has 1 atom stereocenters. The van der Waals surface area contributed by atoms with Gasteiger partial charge in [0.1, 0.15) is 17.9 Å². The van der Waals surface area contributed by atoms with Crippen LogP contribution in [-0.2, 0) is 11.3 Å². The Labute approximate surface area is 166 Å². The Hall–Kier alpha value is -2.70. The van der Waals surface area contributed by atoms with Crippen LogP contribution in [0, 0.1) is 6.92 Å². The average Bonchev–Trinajstić information content (AvgIpc) is 2.66. The average molecular weight is 384 g/mol. The number of aromatic nitrogens is 3. The number of likely N-dealkylation sites (tertiary alicyclic amines) is 1. The molecule has 0 N–H and O–H groups in total. The molecular weight excluding hydrogens is 356 g/mol. The maximum Gasteiger partial charge on any atom is 0.410 e. The quantitative estimate of drug-likeness (QED) is 0.785. The zero-order valence-corrected chi connectivity index (χ0v) is 17.0. The molecule has 1 amide bonds. The number of ether oxygens (including phenoxy) is 2. The lowest BCUT2D eigenvalue weighted by Gasteiger charge is -2.36. The minimum absolute atomic E-state index is 0.105. The van der Waals surface area contributed by atoms with Crippen LogP contribution in [0.25, 0.3) is 0 Å². The van der Waals surface area contributed by atoms with E-state index in [0.717, 1.165) is 36.3 Å². The van der Waals surface area contributed by atoms with Crippen LogP contribution in [0.15, 0.2) is 30.3 Å². The second-order valence-electron chi connectivity index (χ2n) is 8.04. The minimum atomic E-state index is -0.521. The first-order chi connectivity index (χ1) is 13.3. The number of rotatable bonds is 4. The first-order valence-electron chi connectivity index (χ1n) is 9.70. The van der Waals surface area contributed by atoms with Crippen molar-refractivity contribution in [1.82, 2.24) is 20.1 Å². The molecule has 1 unspecified atom stereocenters. The molecule has 150 valence electrons. The molecule has 28 heavy (non-hydrogen) atoms. The molecule has 2 aromatic rings.